The normalized spacial score (nSPS) is 16.0. The fourth-order valence-corrected chi connectivity index (χ4v) is 5.83. The van der Waals surface area contributed by atoms with Crippen molar-refractivity contribution in [2.75, 3.05) is 23.3 Å². The van der Waals surface area contributed by atoms with Crippen molar-refractivity contribution in [3.05, 3.63) is 57.9 Å². The van der Waals surface area contributed by atoms with Gasteiger partial charge in [-0.2, -0.15) is 0 Å². The predicted octanol–water partition coefficient (Wildman–Crippen LogP) is 2.92. The summed E-state index contributed by atoms with van der Waals surface area (Å²) in [7, 11) is 0. The zero-order chi connectivity index (χ0) is 23.7. The Kier molecular flexibility index (Phi) is 6.12. The van der Waals surface area contributed by atoms with Crippen molar-refractivity contribution in [2.45, 2.75) is 19.4 Å². The molecular weight excluding hydrogens is 472 g/mol. The van der Waals surface area contributed by atoms with Crippen LogP contribution in [0.3, 0.4) is 0 Å². The van der Waals surface area contributed by atoms with E-state index in [1.165, 1.54) is 22.2 Å². The highest BCUT2D eigenvalue weighted by Crippen LogP contribution is 2.33. The Bertz CT molecular complexity index is 1390. The Morgan fingerprint density at radius 1 is 1.21 bits per heavy atom. The second kappa shape index (κ2) is 9.35. The highest BCUT2D eigenvalue weighted by molar-refractivity contribution is 7.18. The van der Waals surface area contributed by atoms with Gasteiger partial charge in [0.1, 0.15) is 17.2 Å². The van der Waals surface area contributed by atoms with Crippen LogP contribution in [-0.2, 0) is 16.1 Å². The van der Waals surface area contributed by atoms with Gasteiger partial charge in [0, 0.05) is 28.9 Å². The van der Waals surface area contributed by atoms with E-state index in [0.717, 1.165) is 35.6 Å². The Morgan fingerprint density at radius 3 is 2.82 bits per heavy atom. The topological polar surface area (TPSA) is 123 Å². The quantitative estimate of drug-likeness (QED) is 0.425. The van der Waals surface area contributed by atoms with Gasteiger partial charge in [-0.25, -0.2) is 9.97 Å². The summed E-state index contributed by atoms with van der Waals surface area (Å²) in [6.07, 6.45) is 4.64. The van der Waals surface area contributed by atoms with Crippen molar-refractivity contribution in [3.63, 3.8) is 0 Å². The van der Waals surface area contributed by atoms with Crippen molar-refractivity contribution in [3.8, 4) is 10.4 Å². The number of anilines is 2. The number of nitrogens with one attached hydrogen (secondary N) is 1. The van der Waals surface area contributed by atoms with E-state index in [0.29, 0.717) is 22.4 Å². The molecule has 1 unspecified atom stereocenters. The van der Waals surface area contributed by atoms with Gasteiger partial charge in [0.2, 0.25) is 11.8 Å². The van der Waals surface area contributed by atoms with Crippen LogP contribution in [0, 0.1) is 5.92 Å². The molecule has 5 heterocycles. The van der Waals surface area contributed by atoms with Gasteiger partial charge in [0.05, 0.1) is 29.5 Å². The molecule has 0 aliphatic carbocycles. The number of amides is 2. The summed E-state index contributed by atoms with van der Waals surface area (Å²) in [5.74, 6) is -0.0879. The van der Waals surface area contributed by atoms with Crippen LogP contribution < -0.4 is 21.5 Å². The predicted molar refractivity (Wildman–Crippen MR) is 134 cm³/mol. The first-order chi connectivity index (χ1) is 16.5. The van der Waals surface area contributed by atoms with Gasteiger partial charge < -0.3 is 16.0 Å². The largest absolute Gasteiger partial charge is 0.369 e. The third-order valence-electron chi connectivity index (χ3n) is 5.84. The molecule has 9 nitrogen and oxygen atoms in total. The Hall–Kier alpha value is -3.57. The van der Waals surface area contributed by atoms with E-state index < -0.39 is 0 Å². The van der Waals surface area contributed by atoms with Gasteiger partial charge in [-0.15, -0.1) is 22.7 Å². The molecule has 2 amide bonds. The zero-order valence-corrected chi connectivity index (χ0v) is 19.8. The number of nitrogens with zero attached hydrogens (tertiary/aromatic N) is 4. The van der Waals surface area contributed by atoms with Gasteiger partial charge in [-0.1, -0.05) is 6.07 Å². The van der Waals surface area contributed by atoms with E-state index in [-0.39, 0.29) is 29.8 Å². The van der Waals surface area contributed by atoms with Crippen LogP contribution in [0.5, 0.6) is 0 Å². The highest BCUT2D eigenvalue weighted by Gasteiger charge is 2.24. The van der Waals surface area contributed by atoms with Crippen molar-refractivity contribution < 1.29 is 9.59 Å². The lowest BCUT2D eigenvalue weighted by atomic mass is 9.97. The lowest BCUT2D eigenvalue weighted by Gasteiger charge is -2.32. The number of fused-ring (bicyclic) bond motifs is 1. The maximum absolute atomic E-state index is 13.1. The summed E-state index contributed by atoms with van der Waals surface area (Å²) in [6.45, 7) is 1.19. The van der Waals surface area contributed by atoms with Crippen LogP contribution in [0.25, 0.3) is 20.7 Å². The van der Waals surface area contributed by atoms with Crippen molar-refractivity contribution in [1.82, 2.24) is 14.5 Å². The molecule has 1 atom stereocenters. The van der Waals surface area contributed by atoms with Crippen molar-refractivity contribution >= 4 is 56.2 Å². The number of piperidine rings is 1. The van der Waals surface area contributed by atoms with Crippen LogP contribution in [0.1, 0.15) is 12.8 Å². The molecule has 174 valence electrons. The molecule has 0 saturated carbocycles. The minimum atomic E-state index is -0.350. The maximum atomic E-state index is 13.1. The minimum Gasteiger partial charge on any atom is -0.369 e. The summed E-state index contributed by atoms with van der Waals surface area (Å²) in [4.78, 5) is 49.7. The first-order valence-corrected chi connectivity index (χ1v) is 12.6. The molecule has 4 aromatic rings. The number of rotatable bonds is 6. The smallest absolute Gasteiger partial charge is 0.263 e. The third kappa shape index (κ3) is 4.44. The number of hydrogen-bond donors (Lipinski definition) is 2. The first-order valence-electron chi connectivity index (χ1n) is 10.8. The molecule has 1 aliphatic heterocycles. The molecule has 1 fully saturated rings. The van der Waals surface area contributed by atoms with Crippen LogP contribution >= 0.6 is 22.7 Å². The number of carbonyl (C=O) groups is 2. The molecule has 1 saturated heterocycles. The van der Waals surface area contributed by atoms with Gasteiger partial charge in [-0.3, -0.25) is 19.0 Å². The SMILES string of the molecule is NC(=O)C1CCCN(c2ccc(NC(=O)Cn3cnc4scc(-c5cccs5)c4c3=O)cn2)C1. The average Bonchev–Trinajstić information content (AvgIpc) is 3.52. The van der Waals surface area contributed by atoms with Gasteiger partial charge >= 0.3 is 0 Å². The summed E-state index contributed by atoms with van der Waals surface area (Å²) < 4.78 is 1.32. The van der Waals surface area contributed by atoms with Gasteiger partial charge in [0.15, 0.2) is 0 Å². The summed E-state index contributed by atoms with van der Waals surface area (Å²) >= 11 is 2.97. The molecule has 0 bridgehead atoms. The molecule has 0 radical (unpaired) electrons. The molecule has 11 heteroatoms. The minimum absolute atomic E-state index is 0.157. The number of thiophene rings is 2. The van der Waals surface area contributed by atoms with E-state index in [2.05, 4.69) is 15.3 Å². The summed E-state index contributed by atoms with van der Waals surface area (Å²) in [5, 5.41) is 7.20. The van der Waals surface area contributed by atoms with E-state index >= 15 is 0 Å². The van der Waals surface area contributed by atoms with Gasteiger partial charge in [-0.05, 0) is 36.4 Å². The summed E-state index contributed by atoms with van der Waals surface area (Å²) in [5.41, 5.74) is 6.58. The molecule has 1 aliphatic rings. The lowest BCUT2D eigenvalue weighted by Crippen LogP contribution is -2.41. The van der Waals surface area contributed by atoms with E-state index in [4.69, 9.17) is 5.73 Å². The Labute approximate surface area is 202 Å². The molecule has 5 rings (SSSR count). The summed E-state index contributed by atoms with van der Waals surface area (Å²) in [6, 6.07) is 7.46. The number of pyridine rings is 1. The number of carbonyl (C=O) groups excluding carboxylic acids is 2. The van der Waals surface area contributed by atoms with E-state index in [1.54, 1.807) is 29.7 Å². The number of hydrogen-bond acceptors (Lipinski definition) is 8. The molecular formula is C23H22N6O3S2. The van der Waals surface area contributed by atoms with E-state index in [9.17, 15) is 14.4 Å². The number of primary amides is 1. The molecule has 0 aromatic carbocycles. The van der Waals surface area contributed by atoms with Crippen LogP contribution in [-0.4, -0.2) is 39.4 Å². The van der Waals surface area contributed by atoms with Crippen LogP contribution in [0.15, 0.2) is 52.3 Å². The standard InChI is InChI=1S/C23H22N6O3S2/c24-21(31)14-3-1-7-28(10-14)18-6-5-15(9-25-18)27-19(30)11-29-13-26-22-20(23(29)32)16(12-34-22)17-4-2-8-33-17/h2,4-6,8-9,12-14H,1,3,7,10-11H2,(H2,24,31)(H,27,30). The fourth-order valence-electron chi connectivity index (χ4n) is 4.11. The molecule has 0 spiro atoms. The van der Waals surface area contributed by atoms with Crippen LogP contribution in [0.2, 0.25) is 0 Å². The Morgan fingerprint density at radius 2 is 2.09 bits per heavy atom. The van der Waals surface area contributed by atoms with Crippen molar-refractivity contribution in [2.24, 2.45) is 11.7 Å². The third-order valence-corrected chi connectivity index (χ3v) is 7.63. The molecule has 4 aromatic heterocycles. The van der Waals surface area contributed by atoms with Crippen molar-refractivity contribution in [1.29, 1.82) is 0 Å². The van der Waals surface area contributed by atoms with Gasteiger partial charge in [0.25, 0.3) is 5.56 Å². The van der Waals surface area contributed by atoms with E-state index in [1.807, 2.05) is 27.8 Å². The highest BCUT2D eigenvalue weighted by atomic mass is 32.1. The van der Waals surface area contributed by atoms with Crippen LogP contribution in [0.4, 0.5) is 11.5 Å². The number of aromatic nitrogens is 3. The molecule has 34 heavy (non-hydrogen) atoms. The first kappa shape index (κ1) is 22.2. The average molecular weight is 495 g/mol. The second-order valence-electron chi connectivity index (χ2n) is 8.13. The number of nitrogens with two attached hydrogens (primary N) is 1. The Balaban J connectivity index is 1.28. The lowest BCUT2D eigenvalue weighted by molar-refractivity contribution is -0.122. The second-order valence-corrected chi connectivity index (χ2v) is 9.93. The fraction of sp³-hybridized carbons (Fsp3) is 0.261. The monoisotopic (exact) mass is 494 g/mol. The zero-order valence-electron chi connectivity index (χ0n) is 18.1. The molecule has 3 N–H and O–H groups in total. The maximum Gasteiger partial charge on any atom is 0.263 e.